The topological polar surface area (TPSA) is 87.7 Å². The summed E-state index contributed by atoms with van der Waals surface area (Å²) >= 11 is 7.66. The second-order valence-electron chi connectivity index (χ2n) is 5.56. The number of aromatic carboxylic acids is 1. The van der Waals surface area contributed by atoms with Gasteiger partial charge in [0.15, 0.2) is 0 Å². The van der Waals surface area contributed by atoms with E-state index >= 15 is 0 Å². The third-order valence-corrected chi connectivity index (χ3v) is 5.02. The van der Waals surface area contributed by atoms with E-state index in [4.69, 9.17) is 21.1 Å². The number of benzene rings is 2. The lowest BCUT2D eigenvalue weighted by Crippen LogP contribution is -1.96. The van der Waals surface area contributed by atoms with E-state index in [2.05, 4.69) is 15.5 Å². The van der Waals surface area contributed by atoms with Crippen LogP contribution < -0.4 is 5.43 Å². The van der Waals surface area contributed by atoms with Gasteiger partial charge in [-0.25, -0.2) is 9.78 Å². The summed E-state index contributed by atoms with van der Waals surface area (Å²) in [5, 5.41) is 14.3. The van der Waals surface area contributed by atoms with Crippen molar-refractivity contribution in [2.45, 2.75) is 0 Å². The van der Waals surface area contributed by atoms with Crippen LogP contribution in [0.1, 0.15) is 16.1 Å². The van der Waals surface area contributed by atoms with E-state index in [1.165, 1.54) is 35.8 Å². The number of hydrogen-bond acceptors (Lipinski definition) is 6. The van der Waals surface area contributed by atoms with Gasteiger partial charge in [-0.3, -0.25) is 5.43 Å². The quantitative estimate of drug-likeness (QED) is 0.350. The molecule has 2 aromatic carbocycles. The molecule has 4 aromatic rings. The van der Waals surface area contributed by atoms with Crippen LogP contribution in [0.5, 0.6) is 0 Å². The number of furan rings is 1. The average molecular weight is 398 g/mol. The van der Waals surface area contributed by atoms with Crippen molar-refractivity contribution in [1.82, 2.24) is 4.98 Å². The van der Waals surface area contributed by atoms with Crippen molar-refractivity contribution >= 4 is 50.5 Å². The van der Waals surface area contributed by atoms with Crippen LogP contribution in [0.3, 0.4) is 0 Å². The maximum absolute atomic E-state index is 11.1. The van der Waals surface area contributed by atoms with Crippen LogP contribution in [0.4, 0.5) is 5.13 Å². The number of fused-ring (bicyclic) bond motifs is 1. The van der Waals surface area contributed by atoms with Gasteiger partial charge in [-0.2, -0.15) is 5.10 Å². The van der Waals surface area contributed by atoms with Crippen molar-refractivity contribution < 1.29 is 14.3 Å². The monoisotopic (exact) mass is 397 g/mol. The van der Waals surface area contributed by atoms with Crippen LogP contribution in [0.2, 0.25) is 5.02 Å². The molecule has 0 saturated heterocycles. The van der Waals surface area contributed by atoms with E-state index in [0.29, 0.717) is 27.2 Å². The Kier molecular flexibility index (Phi) is 4.62. The zero-order valence-electron chi connectivity index (χ0n) is 13.7. The number of halogens is 1. The molecule has 0 spiro atoms. The molecule has 0 aliphatic heterocycles. The average Bonchev–Trinajstić information content (AvgIpc) is 3.28. The first-order valence-corrected chi connectivity index (χ1v) is 9.07. The lowest BCUT2D eigenvalue weighted by atomic mass is 10.1. The number of carboxylic acid groups (broad SMARTS) is 1. The number of hydrazone groups is 1. The van der Waals surface area contributed by atoms with Gasteiger partial charge in [0, 0.05) is 5.56 Å². The smallest absolute Gasteiger partial charge is 0.335 e. The summed E-state index contributed by atoms with van der Waals surface area (Å²) in [5.41, 5.74) is 4.44. The van der Waals surface area contributed by atoms with E-state index < -0.39 is 5.97 Å². The highest BCUT2D eigenvalue weighted by atomic mass is 35.5. The zero-order chi connectivity index (χ0) is 18.8. The predicted octanol–water partition coefficient (Wildman–Crippen LogP) is 5.35. The summed E-state index contributed by atoms with van der Waals surface area (Å²) in [6, 6.07) is 15.7. The summed E-state index contributed by atoms with van der Waals surface area (Å²) in [5.74, 6) is -0.0683. The van der Waals surface area contributed by atoms with E-state index in [1.807, 2.05) is 24.3 Å². The fourth-order valence-corrected chi connectivity index (χ4v) is 3.51. The van der Waals surface area contributed by atoms with E-state index in [0.717, 1.165) is 10.2 Å². The van der Waals surface area contributed by atoms with Gasteiger partial charge < -0.3 is 9.52 Å². The fraction of sp³-hybridized carbons (Fsp3) is 0. The number of nitrogens with zero attached hydrogens (tertiary/aromatic N) is 2. The van der Waals surface area contributed by atoms with Gasteiger partial charge in [0.1, 0.15) is 11.5 Å². The third-order valence-electron chi connectivity index (χ3n) is 3.75. The van der Waals surface area contributed by atoms with Gasteiger partial charge in [0.2, 0.25) is 5.13 Å². The fourth-order valence-electron chi connectivity index (χ4n) is 2.49. The van der Waals surface area contributed by atoms with Crippen molar-refractivity contribution in [1.29, 1.82) is 0 Å². The molecular weight excluding hydrogens is 386 g/mol. The van der Waals surface area contributed by atoms with E-state index in [9.17, 15) is 4.79 Å². The van der Waals surface area contributed by atoms with Crippen molar-refractivity contribution in [2.75, 3.05) is 5.43 Å². The highest BCUT2D eigenvalue weighted by Crippen LogP contribution is 2.30. The second kappa shape index (κ2) is 7.22. The van der Waals surface area contributed by atoms with Gasteiger partial charge >= 0.3 is 5.97 Å². The zero-order valence-corrected chi connectivity index (χ0v) is 15.3. The Morgan fingerprint density at radius 2 is 2.07 bits per heavy atom. The Labute approximate surface area is 162 Å². The summed E-state index contributed by atoms with van der Waals surface area (Å²) < 4.78 is 6.77. The normalized spacial score (nSPS) is 11.3. The van der Waals surface area contributed by atoms with Gasteiger partial charge in [0.05, 0.1) is 27.0 Å². The lowest BCUT2D eigenvalue weighted by molar-refractivity contribution is 0.0697. The van der Waals surface area contributed by atoms with Crippen LogP contribution in [-0.4, -0.2) is 22.3 Å². The number of rotatable bonds is 5. The molecule has 2 N–H and O–H groups in total. The lowest BCUT2D eigenvalue weighted by Gasteiger charge is -2.02. The molecule has 0 aliphatic rings. The molecule has 2 aromatic heterocycles. The molecular formula is C19H12ClN3O3S. The standard InChI is InChI=1S/C19H12ClN3O3S/c20-14-7-5-11(18(24)25)9-13(14)16-8-6-12(26-16)10-21-23-19-22-15-3-1-2-4-17(15)27-19/h1-10H,(H,22,23)(H,24,25). The maximum Gasteiger partial charge on any atom is 0.335 e. The molecule has 0 bridgehead atoms. The van der Waals surface area contributed by atoms with Crippen molar-refractivity contribution in [3.05, 3.63) is 70.9 Å². The van der Waals surface area contributed by atoms with Crippen molar-refractivity contribution in [3.8, 4) is 11.3 Å². The van der Waals surface area contributed by atoms with Crippen LogP contribution in [0.25, 0.3) is 21.5 Å². The largest absolute Gasteiger partial charge is 0.478 e. The van der Waals surface area contributed by atoms with Crippen molar-refractivity contribution in [2.24, 2.45) is 5.10 Å². The molecule has 0 aliphatic carbocycles. The highest BCUT2D eigenvalue weighted by molar-refractivity contribution is 7.22. The second-order valence-corrected chi connectivity index (χ2v) is 7.00. The first kappa shape index (κ1) is 17.3. The van der Waals surface area contributed by atoms with Crippen molar-refractivity contribution in [3.63, 3.8) is 0 Å². The predicted molar refractivity (Wildman–Crippen MR) is 107 cm³/mol. The van der Waals surface area contributed by atoms with Gasteiger partial charge in [-0.1, -0.05) is 35.1 Å². The molecule has 0 unspecified atom stereocenters. The van der Waals surface area contributed by atoms with Crippen LogP contribution in [-0.2, 0) is 0 Å². The third kappa shape index (κ3) is 3.69. The van der Waals surface area contributed by atoms with Crippen LogP contribution >= 0.6 is 22.9 Å². The minimum Gasteiger partial charge on any atom is -0.478 e. The van der Waals surface area contributed by atoms with Gasteiger partial charge in [-0.05, 0) is 42.5 Å². The molecule has 4 rings (SSSR count). The van der Waals surface area contributed by atoms with Gasteiger partial charge in [0.25, 0.3) is 0 Å². The van der Waals surface area contributed by atoms with Gasteiger partial charge in [-0.15, -0.1) is 0 Å². The number of carboxylic acids is 1. The number of nitrogens with one attached hydrogen (secondary N) is 1. The first-order chi connectivity index (χ1) is 13.1. The molecule has 2 heterocycles. The molecule has 0 saturated carbocycles. The number of thiazole rings is 1. The summed E-state index contributed by atoms with van der Waals surface area (Å²) in [6.07, 6.45) is 1.52. The number of para-hydroxylation sites is 1. The van der Waals surface area contributed by atoms with Crippen LogP contribution in [0, 0.1) is 0 Å². The minimum absolute atomic E-state index is 0.138. The maximum atomic E-state index is 11.1. The molecule has 27 heavy (non-hydrogen) atoms. The molecule has 0 atom stereocenters. The number of carbonyl (C=O) groups is 1. The van der Waals surface area contributed by atoms with E-state index in [-0.39, 0.29) is 5.56 Å². The molecule has 0 radical (unpaired) electrons. The minimum atomic E-state index is -1.03. The Bertz CT molecular complexity index is 1130. The Morgan fingerprint density at radius 3 is 2.89 bits per heavy atom. The Balaban J connectivity index is 1.52. The summed E-state index contributed by atoms with van der Waals surface area (Å²) in [4.78, 5) is 15.6. The Morgan fingerprint density at radius 1 is 1.22 bits per heavy atom. The van der Waals surface area contributed by atoms with E-state index in [1.54, 1.807) is 12.1 Å². The number of anilines is 1. The summed E-state index contributed by atoms with van der Waals surface area (Å²) in [7, 11) is 0. The van der Waals surface area contributed by atoms with Crippen LogP contribution in [0.15, 0.2) is 64.1 Å². The number of hydrogen-bond donors (Lipinski definition) is 2. The summed E-state index contributed by atoms with van der Waals surface area (Å²) in [6.45, 7) is 0. The molecule has 0 fully saturated rings. The molecule has 134 valence electrons. The SMILES string of the molecule is O=C(O)c1ccc(Cl)c(-c2ccc(C=NNc3nc4ccccc4s3)o2)c1. The Hall–Kier alpha value is -3.16. The molecule has 0 amide bonds. The molecule has 8 heteroatoms. The first-order valence-electron chi connectivity index (χ1n) is 7.88. The highest BCUT2D eigenvalue weighted by Gasteiger charge is 2.12. The molecule has 6 nitrogen and oxygen atoms in total. The number of aromatic nitrogens is 1.